The highest BCUT2D eigenvalue weighted by molar-refractivity contribution is 6.35. The zero-order valence-electron chi connectivity index (χ0n) is 10.7. The van der Waals surface area contributed by atoms with Gasteiger partial charge in [-0.05, 0) is 18.4 Å². The molecule has 0 aromatic heterocycles. The lowest BCUT2D eigenvalue weighted by Gasteiger charge is -2.10. The van der Waals surface area contributed by atoms with E-state index in [9.17, 15) is 9.59 Å². The van der Waals surface area contributed by atoms with Gasteiger partial charge in [0.25, 0.3) is 0 Å². The summed E-state index contributed by atoms with van der Waals surface area (Å²) in [6.07, 6.45) is 2.00. The van der Waals surface area contributed by atoms with E-state index in [0.717, 1.165) is 25.0 Å². The Bertz CT molecular complexity index is 428. The fourth-order valence-electron chi connectivity index (χ4n) is 1.95. The molecule has 0 spiro atoms. The summed E-state index contributed by atoms with van der Waals surface area (Å²) < 4.78 is 5.37. The van der Waals surface area contributed by atoms with Crippen molar-refractivity contribution in [3.05, 3.63) is 35.9 Å². The number of carbonyl (C=O) groups excluding carboxylic acids is 2. The Labute approximate surface area is 112 Å². The first kappa shape index (κ1) is 13.5. The van der Waals surface area contributed by atoms with E-state index in [1.807, 2.05) is 30.3 Å². The summed E-state index contributed by atoms with van der Waals surface area (Å²) in [5.74, 6) is -1.21. The standard InChI is InChI=1S/C14H18N2O3/c17-13(15-9-11-5-2-1-3-6-11)14(18)16-10-12-7-4-8-19-12/h1-3,5-6,12H,4,7-10H2,(H,15,17)(H,16,18)/t12-/m1/s1. The lowest BCUT2D eigenvalue weighted by atomic mass is 10.2. The Morgan fingerprint density at radius 1 is 1.16 bits per heavy atom. The number of rotatable bonds is 4. The van der Waals surface area contributed by atoms with Gasteiger partial charge in [-0.3, -0.25) is 9.59 Å². The van der Waals surface area contributed by atoms with Crippen molar-refractivity contribution in [2.45, 2.75) is 25.5 Å². The van der Waals surface area contributed by atoms with Gasteiger partial charge in [0.2, 0.25) is 0 Å². The fraction of sp³-hybridized carbons (Fsp3) is 0.429. The summed E-state index contributed by atoms with van der Waals surface area (Å²) in [6, 6.07) is 9.47. The van der Waals surface area contributed by atoms with Gasteiger partial charge in [-0.2, -0.15) is 0 Å². The molecule has 1 fully saturated rings. The minimum Gasteiger partial charge on any atom is -0.376 e. The Morgan fingerprint density at radius 3 is 2.58 bits per heavy atom. The molecule has 1 aromatic carbocycles. The molecule has 2 N–H and O–H groups in total. The molecule has 1 aromatic rings. The maximum Gasteiger partial charge on any atom is 0.309 e. The second kappa shape index (κ2) is 6.89. The van der Waals surface area contributed by atoms with E-state index in [4.69, 9.17) is 4.74 Å². The second-order valence-corrected chi connectivity index (χ2v) is 4.51. The van der Waals surface area contributed by atoms with Crippen molar-refractivity contribution < 1.29 is 14.3 Å². The van der Waals surface area contributed by atoms with E-state index in [1.54, 1.807) is 0 Å². The van der Waals surface area contributed by atoms with E-state index in [1.165, 1.54) is 0 Å². The van der Waals surface area contributed by atoms with Crippen molar-refractivity contribution in [1.82, 2.24) is 10.6 Å². The van der Waals surface area contributed by atoms with Crippen LogP contribution >= 0.6 is 0 Å². The first-order valence-corrected chi connectivity index (χ1v) is 6.47. The molecule has 1 aliphatic rings. The van der Waals surface area contributed by atoms with Crippen molar-refractivity contribution in [2.75, 3.05) is 13.2 Å². The zero-order chi connectivity index (χ0) is 13.5. The van der Waals surface area contributed by atoms with Crippen molar-refractivity contribution in [3.8, 4) is 0 Å². The molecule has 0 bridgehead atoms. The predicted molar refractivity (Wildman–Crippen MR) is 70.3 cm³/mol. The Morgan fingerprint density at radius 2 is 1.89 bits per heavy atom. The average molecular weight is 262 g/mol. The lowest BCUT2D eigenvalue weighted by molar-refractivity contribution is -0.139. The van der Waals surface area contributed by atoms with Gasteiger partial charge >= 0.3 is 11.8 Å². The van der Waals surface area contributed by atoms with Crippen LogP contribution in [0.5, 0.6) is 0 Å². The van der Waals surface area contributed by atoms with Gasteiger partial charge in [-0.15, -0.1) is 0 Å². The third-order valence-corrected chi connectivity index (χ3v) is 3.02. The molecular weight excluding hydrogens is 244 g/mol. The van der Waals surface area contributed by atoms with Crippen LogP contribution in [0.3, 0.4) is 0 Å². The molecule has 19 heavy (non-hydrogen) atoms. The molecule has 2 rings (SSSR count). The molecule has 102 valence electrons. The SMILES string of the molecule is O=C(NCc1ccccc1)C(=O)NC[C@H]1CCCO1. The fourth-order valence-corrected chi connectivity index (χ4v) is 1.95. The van der Waals surface area contributed by atoms with E-state index < -0.39 is 11.8 Å². The van der Waals surface area contributed by atoms with Crippen LogP contribution in [0.15, 0.2) is 30.3 Å². The summed E-state index contributed by atoms with van der Waals surface area (Å²) in [5, 5.41) is 5.17. The van der Waals surface area contributed by atoms with Gasteiger partial charge in [-0.1, -0.05) is 30.3 Å². The first-order chi connectivity index (χ1) is 9.25. The van der Waals surface area contributed by atoms with E-state index >= 15 is 0 Å². The first-order valence-electron chi connectivity index (χ1n) is 6.47. The third kappa shape index (κ3) is 4.37. The number of nitrogens with one attached hydrogen (secondary N) is 2. The molecule has 0 radical (unpaired) electrons. The highest BCUT2D eigenvalue weighted by Gasteiger charge is 2.18. The summed E-state index contributed by atoms with van der Waals surface area (Å²) in [5.41, 5.74) is 0.961. The van der Waals surface area contributed by atoms with Crippen LogP contribution in [0.4, 0.5) is 0 Å². The monoisotopic (exact) mass is 262 g/mol. The Kier molecular flexibility index (Phi) is 4.92. The zero-order valence-corrected chi connectivity index (χ0v) is 10.7. The topological polar surface area (TPSA) is 67.4 Å². The van der Waals surface area contributed by atoms with Gasteiger partial charge in [0.05, 0.1) is 6.10 Å². The third-order valence-electron chi connectivity index (χ3n) is 3.02. The van der Waals surface area contributed by atoms with Crippen molar-refractivity contribution in [2.24, 2.45) is 0 Å². The summed E-state index contributed by atoms with van der Waals surface area (Å²) in [7, 11) is 0. The van der Waals surface area contributed by atoms with Crippen LogP contribution in [0.1, 0.15) is 18.4 Å². The number of hydrogen-bond donors (Lipinski definition) is 2. The maximum absolute atomic E-state index is 11.6. The van der Waals surface area contributed by atoms with Gasteiger partial charge in [0.1, 0.15) is 0 Å². The van der Waals surface area contributed by atoms with Gasteiger partial charge in [0.15, 0.2) is 0 Å². The number of benzene rings is 1. The molecule has 1 aliphatic heterocycles. The van der Waals surface area contributed by atoms with Crippen LogP contribution in [0, 0.1) is 0 Å². The average Bonchev–Trinajstić information content (AvgIpc) is 2.96. The predicted octanol–water partition coefficient (Wildman–Crippen LogP) is 0.598. The molecule has 0 saturated carbocycles. The van der Waals surface area contributed by atoms with Gasteiger partial charge < -0.3 is 15.4 Å². The minimum absolute atomic E-state index is 0.0471. The van der Waals surface area contributed by atoms with E-state index in [0.29, 0.717) is 13.1 Å². The van der Waals surface area contributed by atoms with Crippen LogP contribution < -0.4 is 10.6 Å². The molecule has 1 atom stereocenters. The molecule has 1 saturated heterocycles. The molecule has 1 heterocycles. The van der Waals surface area contributed by atoms with Gasteiger partial charge in [0, 0.05) is 19.7 Å². The van der Waals surface area contributed by atoms with Crippen LogP contribution in [-0.2, 0) is 20.9 Å². The van der Waals surface area contributed by atoms with E-state index in [-0.39, 0.29) is 6.10 Å². The largest absolute Gasteiger partial charge is 0.376 e. The lowest BCUT2D eigenvalue weighted by Crippen LogP contribution is -2.42. The quantitative estimate of drug-likeness (QED) is 0.781. The Hall–Kier alpha value is -1.88. The Balaban J connectivity index is 1.68. The van der Waals surface area contributed by atoms with Crippen molar-refractivity contribution in [3.63, 3.8) is 0 Å². The van der Waals surface area contributed by atoms with E-state index in [2.05, 4.69) is 10.6 Å². The van der Waals surface area contributed by atoms with Gasteiger partial charge in [-0.25, -0.2) is 0 Å². The second-order valence-electron chi connectivity index (χ2n) is 4.51. The summed E-state index contributed by atoms with van der Waals surface area (Å²) in [4.78, 5) is 23.1. The molecular formula is C14H18N2O3. The molecule has 2 amide bonds. The summed E-state index contributed by atoms with van der Waals surface area (Å²) >= 11 is 0. The molecule has 0 unspecified atom stereocenters. The number of amides is 2. The maximum atomic E-state index is 11.6. The number of hydrogen-bond acceptors (Lipinski definition) is 3. The smallest absolute Gasteiger partial charge is 0.309 e. The number of carbonyl (C=O) groups is 2. The summed E-state index contributed by atoms with van der Waals surface area (Å²) in [6.45, 7) is 1.49. The molecule has 0 aliphatic carbocycles. The van der Waals surface area contributed by atoms with Crippen LogP contribution in [0.25, 0.3) is 0 Å². The minimum atomic E-state index is -0.609. The highest BCUT2D eigenvalue weighted by Crippen LogP contribution is 2.10. The molecule has 5 heteroatoms. The van der Waals surface area contributed by atoms with Crippen molar-refractivity contribution >= 4 is 11.8 Å². The van der Waals surface area contributed by atoms with Crippen LogP contribution in [0.2, 0.25) is 0 Å². The van der Waals surface area contributed by atoms with Crippen molar-refractivity contribution in [1.29, 1.82) is 0 Å². The number of ether oxygens (including phenoxy) is 1. The van der Waals surface area contributed by atoms with Crippen LogP contribution in [-0.4, -0.2) is 31.1 Å². The molecule has 5 nitrogen and oxygen atoms in total. The normalized spacial score (nSPS) is 18.0. The highest BCUT2D eigenvalue weighted by atomic mass is 16.5.